The van der Waals surface area contributed by atoms with E-state index in [-0.39, 0.29) is 17.5 Å². The summed E-state index contributed by atoms with van der Waals surface area (Å²) in [6.45, 7) is 0. The topological polar surface area (TPSA) is 105 Å². The molecule has 2 amide bonds. The number of fused-ring (bicyclic) bond motifs is 1. The van der Waals surface area contributed by atoms with Crippen LogP contribution in [-0.2, 0) is 16.6 Å². The second-order valence-corrected chi connectivity index (χ2v) is 7.76. The minimum atomic E-state index is -0.771. The third-order valence-corrected chi connectivity index (χ3v) is 5.82. The maximum absolute atomic E-state index is 13.1. The number of aromatic nitrogens is 1. The van der Waals surface area contributed by atoms with E-state index in [1.807, 2.05) is 18.2 Å². The van der Waals surface area contributed by atoms with Crippen molar-refractivity contribution >= 4 is 23.4 Å². The van der Waals surface area contributed by atoms with Crippen molar-refractivity contribution in [2.75, 3.05) is 0 Å². The molecule has 1 aromatic heterocycles. The van der Waals surface area contributed by atoms with Crippen LogP contribution in [0.15, 0.2) is 35.1 Å². The Labute approximate surface area is 161 Å². The summed E-state index contributed by atoms with van der Waals surface area (Å²) in [6, 6.07) is 8.68. The van der Waals surface area contributed by atoms with Crippen molar-refractivity contribution in [3.63, 3.8) is 0 Å². The number of aryl methyl sites for hydroxylation is 1. The highest BCUT2D eigenvalue weighted by Gasteiger charge is 2.51. The number of pyridine rings is 1. The van der Waals surface area contributed by atoms with Gasteiger partial charge in [0, 0.05) is 10.7 Å². The molecule has 27 heavy (non-hydrogen) atoms. The highest BCUT2D eigenvalue weighted by molar-refractivity contribution is 6.30. The smallest absolute Gasteiger partial charge is 0.261 e. The van der Waals surface area contributed by atoms with Crippen LogP contribution in [0.4, 0.5) is 0 Å². The van der Waals surface area contributed by atoms with Gasteiger partial charge in [0.1, 0.15) is 5.56 Å². The number of carbonyl (C=O) groups excluding carboxylic acids is 2. The van der Waals surface area contributed by atoms with Crippen LogP contribution >= 0.6 is 11.6 Å². The van der Waals surface area contributed by atoms with Crippen LogP contribution in [0.1, 0.15) is 58.9 Å². The number of nitrogens with two attached hydrogens (primary N) is 1. The first kappa shape index (κ1) is 17.8. The van der Waals surface area contributed by atoms with Crippen molar-refractivity contribution in [3.05, 3.63) is 68.1 Å². The lowest BCUT2D eigenvalue weighted by Crippen LogP contribution is -2.39. The highest BCUT2D eigenvalue weighted by Crippen LogP contribution is 2.49. The molecule has 140 valence electrons. The Hall–Kier alpha value is -2.60. The van der Waals surface area contributed by atoms with E-state index in [0.717, 1.165) is 42.5 Å². The van der Waals surface area contributed by atoms with Gasteiger partial charge >= 0.3 is 0 Å². The summed E-state index contributed by atoms with van der Waals surface area (Å²) in [5.74, 6) is -0.818. The highest BCUT2D eigenvalue weighted by atomic mass is 35.5. The Morgan fingerprint density at radius 2 is 2.04 bits per heavy atom. The van der Waals surface area contributed by atoms with Gasteiger partial charge in [0.2, 0.25) is 5.91 Å². The molecule has 6 nitrogen and oxygen atoms in total. The SMILES string of the molecule is NC(=O)c1cc2c([nH]c1=O)CCC[C@@H]2NC(=O)C1(c2cccc(Cl)c2)CC1. The van der Waals surface area contributed by atoms with Crippen LogP contribution in [0.25, 0.3) is 0 Å². The van der Waals surface area contributed by atoms with E-state index in [4.69, 9.17) is 17.3 Å². The largest absolute Gasteiger partial charge is 0.365 e. The predicted molar refractivity (Wildman–Crippen MR) is 102 cm³/mol. The zero-order valence-electron chi connectivity index (χ0n) is 14.7. The number of H-pyrrole nitrogens is 1. The normalized spacial score (nSPS) is 19.8. The molecule has 0 radical (unpaired) electrons. The van der Waals surface area contributed by atoms with Gasteiger partial charge in [-0.3, -0.25) is 14.4 Å². The Balaban J connectivity index is 1.63. The Morgan fingerprint density at radius 1 is 1.26 bits per heavy atom. The lowest BCUT2D eigenvalue weighted by molar-refractivity contribution is -0.124. The van der Waals surface area contributed by atoms with Crippen LogP contribution in [-0.4, -0.2) is 16.8 Å². The third kappa shape index (κ3) is 3.14. The molecule has 1 fully saturated rings. The molecule has 0 bridgehead atoms. The van der Waals surface area contributed by atoms with Crippen molar-refractivity contribution in [1.29, 1.82) is 0 Å². The maximum atomic E-state index is 13.1. The summed E-state index contributed by atoms with van der Waals surface area (Å²) in [7, 11) is 0. The van der Waals surface area contributed by atoms with E-state index in [1.165, 1.54) is 6.07 Å². The molecule has 4 N–H and O–H groups in total. The number of rotatable bonds is 4. The quantitative estimate of drug-likeness (QED) is 0.752. The molecule has 2 aliphatic carbocycles. The van der Waals surface area contributed by atoms with Crippen molar-refractivity contribution in [2.24, 2.45) is 5.73 Å². The number of halogens is 1. The molecular weight excluding hydrogens is 366 g/mol. The first-order valence-electron chi connectivity index (χ1n) is 9.04. The number of carbonyl (C=O) groups is 2. The molecule has 2 aliphatic rings. The zero-order valence-corrected chi connectivity index (χ0v) is 15.4. The van der Waals surface area contributed by atoms with Gasteiger partial charge in [0.25, 0.3) is 11.5 Å². The number of benzene rings is 1. The standard InChI is InChI=1S/C20H20ClN3O3/c21-12-4-1-3-11(9-12)20(7-8-20)19(27)24-16-6-2-5-15-13(16)10-14(17(22)25)18(26)23-15/h1,3-4,9-10,16H,2,5-8H2,(H2,22,25)(H,23,26)(H,24,27)/t16-/m0/s1. The van der Waals surface area contributed by atoms with E-state index >= 15 is 0 Å². The van der Waals surface area contributed by atoms with E-state index in [2.05, 4.69) is 10.3 Å². The number of amides is 2. The summed E-state index contributed by atoms with van der Waals surface area (Å²) in [4.78, 5) is 39.4. The first-order valence-corrected chi connectivity index (χ1v) is 9.41. The molecule has 1 aromatic carbocycles. The third-order valence-electron chi connectivity index (χ3n) is 5.58. The Kier molecular flexibility index (Phi) is 4.30. The molecule has 0 aliphatic heterocycles. The van der Waals surface area contributed by atoms with Gasteiger partial charge in [-0.2, -0.15) is 0 Å². The Morgan fingerprint density at radius 3 is 2.70 bits per heavy atom. The molecule has 0 unspecified atom stereocenters. The van der Waals surface area contributed by atoms with Crippen molar-refractivity contribution < 1.29 is 9.59 Å². The molecule has 4 rings (SSSR count). The summed E-state index contributed by atoms with van der Waals surface area (Å²) >= 11 is 6.09. The van der Waals surface area contributed by atoms with Crippen molar-refractivity contribution in [3.8, 4) is 0 Å². The van der Waals surface area contributed by atoms with E-state index in [1.54, 1.807) is 6.07 Å². The summed E-state index contributed by atoms with van der Waals surface area (Å²) in [5.41, 5.74) is 6.65. The van der Waals surface area contributed by atoms with Gasteiger partial charge in [0.15, 0.2) is 0 Å². The first-order chi connectivity index (χ1) is 12.9. The molecule has 2 aromatic rings. The fraction of sp³-hybridized carbons (Fsp3) is 0.350. The van der Waals surface area contributed by atoms with Gasteiger partial charge in [-0.1, -0.05) is 23.7 Å². The predicted octanol–water partition coefficient (Wildman–Crippen LogP) is 2.35. The monoisotopic (exact) mass is 385 g/mol. The number of hydrogen-bond acceptors (Lipinski definition) is 3. The summed E-state index contributed by atoms with van der Waals surface area (Å²) in [6.07, 6.45) is 3.84. The zero-order chi connectivity index (χ0) is 19.2. The van der Waals surface area contributed by atoms with Crippen LogP contribution in [0.3, 0.4) is 0 Å². The molecule has 0 spiro atoms. The molecule has 7 heteroatoms. The van der Waals surface area contributed by atoms with Crippen LogP contribution in [0, 0.1) is 0 Å². The van der Waals surface area contributed by atoms with Crippen LogP contribution in [0.5, 0.6) is 0 Å². The average Bonchev–Trinajstić information content (AvgIpc) is 3.43. The second-order valence-electron chi connectivity index (χ2n) is 7.32. The van der Waals surface area contributed by atoms with E-state index in [0.29, 0.717) is 11.4 Å². The van der Waals surface area contributed by atoms with Crippen molar-refractivity contribution in [1.82, 2.24) is 10.3 Å². The van der Waals surface area contributed by atoms with Crippen LogP contribution < -0.4 is 16.6 Å². The van der Waals surface area contributed by atoms with E-state index < -0.39 is 16.9 Å². The minimum absolute atomic E-state index is 0.0468. The lowest BCUT2D eigenvalue weighted by atomic mass is 9.88. The molecule has 1 heterocycles. The molecule has 0 saturated heterocycles. The Bertz CT molecular complexity index is 994. The molecule has 1 atom stereocenters. The van der Waals surface area contributed by atoms with E-state index in [9.17, 15) is 14.4 Å². The fourth-order valence-electron chi connectivity index (χ4n) is 3.93. The fourth-order valence-corrected chi connectivity index (χ4v) is 4.12. The van der Waals surface area contributed by atoms with Gasteiger partial charge < -0.3 is 16.0 Å². The van der Waals surface area contributed by atoms with Crippen molar-refractivity contribution in [2.45, 2.75) is 43.6 Å². The number of nitrogens with one attached hydrogen (secondary N) is 2. The van der Waals surface area contributed by atoms with Gasteiger partial charge in [-0.25, -0.2) is 0 Å². The average molecular weight is 386 g/mol. The summed E-state index contributed by atoms with van der Waals surface area (Å²) < 4.78 is 0. The number of hydrogen-bond donors (Lipinski definition) is 3. The second kappa shape index (κ2) is 6.53. The minimum Gasteiger partial charge on any atom is -0.365 e. The van der Waals surface area contributed by atoms with Gasteiger partial charge in [-0.15, -0.1) is 0 Å². The van der Waals surface area contributed by atoms with Crippen LogP contribution in [0.2, 0.25) is 5.02 Å². The van der Waals surface area contributed by atoms with Gasteiger partial charge in [0.05, 0.1) is 11.5 Å². The molecule has 1 saturated carbocycles. The summed E-state index contributed by atoms with van der Waals surface area (Å²) in [5, 5.41) is 3.73. The molecular formula is C20H20ClN3O3. The lowest BCUT2D eigenvalue weighted by Gasteiger charge is -2.28. The number of aromatic amines is 1. The van der Waals surface area contributed by atoms with Gasteiger partial charge in [-0.05, 0) is 61.4 Å². The maximum Gasteiger partial charge on any atom is 0.261 e. The number of primary amides is 1.